The minimum absolute atomic E-state index is 0.109. The summed E-state index contributed by atoms with van der Waals surface area (Å²) in [5.41, 5.74) is 1.40. The fourth-order valence-corrected chi connectivity index (χ4v) is 2.77. The Morgan fingerprint density at radius 3 is 1.86 bits per heavy atom. The van der Waals surface area contributed by atoms with Gasteiger partial charge >= 0.3 is 0 Å². The maximum absolute atomic E-state index is 12.6. The summed E-state index contributed by atoms with van der Waals surface area (Å²) in [7, 11) is 0. The molecule has 0 spiro atoms. The molecule has 0 fully saturated rings. The SMILES string of the molecule is CCOc1cc(NC(=O)c2ccccc2)c(OCC)cc1NC(=O)CC(C)(C)C. The number of nitrogens with one attached hydrogen (secondary N) is 2. The van der Waals surface area contributed by atoms with Crippen LogP contribution in [0.1, 0.15) is 51.4 Å². The van der Waals surface area contributed by atoms with Crippen LogP contribution in [-0.2, 0) is 4.79 Å². The molecule has 0 radical (unpaired) electrons. The number of hydrogen-bond acceptors (Lipinski definition) is 4. The number of ether oxygens (including phenoxy) is 2. The number of rotatable bonds is 8. The Hall–Kier alpha value is -3.02. The molecule has 2 rings (SSSR count). The van der Waals surface area contributed by atoms with E-state index in [4.69, 9.17) is 9.47 Å². The summed E-state index contributed by atoms with van der Waals surface area (Å²) >= 11 is 0. The van der Waals surface area contributed by atoms with Crippen molar-refractivity contribution in [2.75, 3.05) is 23.8 Å². The Kier molecular flexibility index (Phi) is 7.65. The van der Waals surface area contributed by atoms with Gasteiger partial charge < -0.3 is 20.1 Å². The predicted molar refractivity (Wildman–Crippen MR) is 116 cm³/mol. The number of anilines is 2. The molecule has 2 amide bonds. The fraction of sp³-hybridized carbons (Fsp3) is 0.391. The molecular formula is C23H30N2O4. The first-order valence-corrected chi connectivity index (χ1v) is 9.83. The molecule has 29 heavy (non-hydrogen) atoms. The van der Waals surface area contributed by atoms with Crippen LogP contribution < -0.4 is 20.1 Å². The van der Waals surface area contributed by atoms with Crippen molar-refractivity contribution >= 4 is 23.2 Å². The van der Waals surface area contributed by atoms with Crippen LogP contribution >= 0.6 is 0 Å². The molecule has 6 nitrogen and oxygen atoms in total. The molecule has 0 saturated heterocycles. The molecule has 0 aliphatic carbocycles. The molecule has 0 aromatic heterocycles. The maximum Gasteiger partial charge on any atom is 0.255 e. The third-order valence-corrected chi connectivity index (χ3v) is 3.93. The Labute approximate surface area is 172 Å². The first kappa shape index (κ1) is 22.3. The van der Waals surface area contributed by atoms with E-state index in [2.05, 4.69) is 10.6 Å². The second-order valence-corrected chi connectivity index (χ2v) is 7.82. The van der Waals surface area contributed by atoms with E-state index in [0.29, 0.717) is 48.1 Å². The number of carbonyl (C=O) groups excluding carboxylic acids is 2. The molecule has 2 N–H and O–H groups in total. The monoisotopic (exact) mass is 398 g/mol. The molecule has 0 unspecified atom stereocenters. The van der Waals surface area contributed by atoms with Gasteiger partial charge in [0.1, 0.15) is 11.5 Å². The quantitative estimate of drug-likeness (QED) is 0.648. The van der Waals surface area contributed by atoms with E-state index in [1.807, 2.05) is 40.7 Å². The number of hydrogen-bond donors (Lipinski definition) is 2. The highest BCUT2D eigenvalue weighted by molar-refractivity contribution is 6.05. The molecule has 156 valence electrons. The Bertz CT molecular complexity index is 842. The molecular weight excluding hydrogens is 368 g/mol. The Morgan fingerprint density at radius 1 is 0.862 bits per heavy atom. The molecule has 0 aliphatic heterocycles. The largest absolute Gasteiger partial charge is 0.492 e. The summed E-state index contributed by atoms with van der Waals surface area (Å²) in [4.78, 5) is 25.0. The van der Waals surface area contributed by atoms with Crippen molar-refractivity contribution < 1.29 is 19.1 Å². The topological polar surface area (TPSA) is 76.7 Å². The lowest BCUT2D eigenvalue weighted by Crippen LogP contribution is -2.20. The van der Waals surface area contributed by atoms with Gasteiger partial charge in [0.05, 0.1) is 24.6 Å². The minimum atomic E-state index is -0.251. The van der Waals surface area contributed by atoms with Gasteiger partial charge in [-0.3, -0.25) is 9.59 Å². The minimum Gasteiger partial charge on any atom is -0.492 e. The zero-order chi connectivity index (χ0) is 21.4. The van der Waals surface area contributed by atoms with E-state index in [-0.39, 0.29) is 17.2 Å². The molecule has 2 aromatic rings. The zero-order valence-corrected chi connectivity index (χ0v) is 17.8. The smallest absolute Gasteiger partial charge is 0.255 e. The van der Waals surface area contributed by atoms with Gasteiger partial charge in [-0.15, -0.1) is 0 Å². The van der Waals surface area contributed by atoms with Crippen molar-refractivity contribution in [2.45, 2.75) is 41.0 Å². The molecule has 0 heterocycles. The molecule has 2 aromatic carbocycles. The number of carbonyl (C=O) groups is 2. The van der Waals surface area contributed by atoms with Gasteiger partial charge in [-0.1, -0.05) is 39.0 Å². The van der Waals surface area contributed by atoms with Crippen LogP contribution in [0.3, 0.4) is 0 Å². The highest BCUT2D eigenvalue weighted by Crippen LogP contribution is 2.37. The fourth-order valence-electron chi connectivity index (χ4n) is 2.77. The molecule has 0 bridgehead atoms. The highest BCUT2D eigenvalue weighted by Gasteiger charge is 2.20. The van der Waals surface area contributed by atoms with Crippen molar-refractivity contribution in [2.24, 2.45) is 5.41 Å². The van der Waals surface area contributed by atoms with Gasteiger partial charge in [0.15, 0.2) is 0 Å². The van der Waals surface area contributed by atoms with Crippen LogP contribution in [0, 0.1) is 5.41 Å². The maximum atomic E-state index is 12.6. The highest BCUT2D eigenvalue weighted by atomic mass is 16.5. The lowest BCUT2D eigenvalue weighted by atomic mass is 9.92. The first-order chi connectivity index (χ1) is 13.7. The van der Waals surface area contributed by atoms with Gasteiger partial charge in [0.25, 0.3) is 5.91 Å². The van der Waals surface area contributed by atoms with Crippen molar-refractivity contribution in [3.63, 3.8) is 0 Å². The third-order valence-electron chi connectivity index (χ3n) is 3.93. The normalized spacial score (nSPS) is 10.9. The molecule has 6 heteroatoms. The summed E-state index contributed by atoms with van der Waals surface area (Å²) in [5.74, 6) is 0.577. The van der Waals surface area contributed by atoms with Crippen LogP contribution in [0.2, 0.25) is 0 Å². The molecule has 0 aliphatic rings. The van der Waals surface area contributed by atoms with Crippen molar-refractivity contribution in [1.29, 1.82) is 0 Å². The van der Waals surface area contributed by atoms with Gasteiger partial charge in [-0.2, -0.15) is 0 Å². The summed E-state index contributed by atoms with van der Waals surface area (Å²) in [5, 5.41) is 5.78. The van der Waals surface area contributed by atoms with Crippen molar-refractivity contribution in [1.82, 2.24) is 0 Å². The van der Waals surface area contributed by atoms with Crippen LogP contribution in [0.5, 0.6) is 11.5 Å². The lowest BCUT2D eigenvalue weighted by Gasteiger charge is -2.20. The Balaban J connectivity index is 2.35. The lowest BCUT2D eigenvalue weighted by molar-refractivity contribution is -0.117. The van der Waals surface area contributed by atoms with Crippen LogP contribution in [0.15, 0.2) is 42.5 Å². The predicted octanol–water partition coefficient (Wildman–Crippen LogP) is 5.11. The van der Waals surface area contributed by atoms with Gasteiger partial charge in [0, 0.05) is 24.1 Å². The summed E-state index contributed by atoms with van der Waals surface area (Å²) < 4.78 is 11.4. The van der Waals surface area contributed by atoms with E-state index in [9.17, 15) is 9.59 Å². The second-order valence-electron chi connectivity index (χ2n) is 7.82. The average molecular weight is 399 g/mol. The van der Waals surface area contributed by atoms with E-state index in [0.717, 1.165) is 0 Å². The van der Waals surface area contributed by atoms with Crippen LogP contribution in [-0.4, -0.2) is 25.0 Å². The third kappa shape index (κ3) is 6.82. The summed E-state index contributed by atoms with van der Waals surface area (Å²) in [6.45, 7) is 10.6. The van der Waals surface area contributed by atoms with Crippen molar-refractivity contribution in [3.05, 3.63) is 48.0 Å². The van der Waals surface area contributed by atoms with Gasteiger partial charge in [-0.05, 0) is 31.4 Å². The van der Waals surface area contributed by atoms with E-state index < -0.39 is 0 Å². The van der Waals surface area contributed by atoms with Crippen LogP contribution in [0.4, 0.5) is 11.4 Å². The van der Waals surface area contributed by atoms with Crippen molar-refractivity contribution in [3.8, 4) is 11.5 Å². The number of amides is 2. The van der Waals surface area contributed by atoms with Crippen LogP contribution in [0.25, 0.3) is 0 Å². The Morgan fingerprint density at radius 2 is 1.38 bits per heavy atom. The first-order valence-electron chi connectivity index (χ1n) is 9.83. The van der Waals surface area contributed by atoms with E-state index >= 15 is 0 Å². The standard InChI is InChI=1S/C23H30N2O4/c1-6-28-19-14-18(25-22(27)16-11-9-8-10-12-16)20(29-7-2)13-17(19)24-21(26)15-23(3,4)5/h8-14H,6-7,15H2,1-5H3,(H,24,26)(H,25,27). The second kappa shape index (κ2) is 9.96. The van der Waals surface area contributed by atoms with Gasteiger partial charge in [-0.25, -0.2) is 0 Å². The molecule has 0 saturated carbocycles. The molecule has 0 atom stereocenters. The summed E-state index contributed by atoms with van der Waals surface area (Å²) in [6, 6.07) is 12.3. The zero-order valence-electron chi connectivity index (χ0n) is 17.8. The van der Waals surface area contributed by atoms with E-state index in [1.54, 1.807) is 36.4 Å². The van der Waals surface area contributed by atoms with Gasteiger partial charge in [0.2, 0.25) is 5.91 Å². The number of benzene rings is 2. The summed E-state index contributed by atoms with van der Waals surface area (Å²) in [6.07, 6.45) is 0.370. The van der Waals surface area contributed by atoms with E-state index in [1.165, 1.54) is 0 Å². The average Bonchev–Trinajstić information content (AvgIpc) is 2.64.